The zero-order valence-corrected chi connectivity index (χ0v) is 12.6. The van der Waals surface area contributed by atoms with Gasteiger partial charge in [-0.05, 0) is 36.1 Å². The molecule has 0 aromatic heterocycles. The monoisotopic (exact) mass is 283 g/mol. The summed E-state index contributed by atoms with van der Waals surface area (Å²) < 4.78 is 5.24. The molecule has 1 N–H and O–H groups in total. The van der Waals surface area contributed by atoms with Gasteiger partial charge < -0.3 is 9.84 Å². The van der Waals surface area contributed by atoms with E-state index < -0.39 is 0 Å². The van der Waals surface area contributed by atoms with Gasteiger partial charge in [0.05, 0.1) is 7.11 Å². The van der Waals surface area contributed by atoms with Gasteiger partial charge in [0, 0.05) is 25.2 Å². The third kappa shape index (κ3) is 2.88. The van der Waals surface area contributed by atoms with Gasteiger partial charge in [-0.15, -0.1) is 0 Å². The first-order chi connectivity index (χ1) is 10.2. The first-order valence-corrected chi connectivity index (χ1v) is 7.33. The van der Waals surface area contributed by atoms with E-state index >= 15 is 0 Å². The summed E-state index contributed by atoms with van der Waals surface area (Å²) in [6.07, 6.45) is 1.07. The van der Waals surface area contributed by atoms with Crippen molar-refractivity contribution in [2.75, 3.05) is 13.7 Å². The Balaban J connectivity index is 1.81. The number of phenols is 1. The van der Waals surface area contributed by atoms with Gasteiger partial charge in [0.25, 0.3) is 0 Å². The Labute approximate surface area is 125 Å². The van der Waals surface area contributed by atoms with E-state index in [0.29, 0.717) is 5.75 Å². The third-order valence-corrected chi connectivity index (χ3v) is 4.12. The Bertz CT molecular complexity index is 652. The summed E-state index contributed by atoms with van der Waals surface area (Å²) in [5.74, 6) is 0.823. The summed E-state index contributed by atoms with van der Waals surface area (Å²) in [6, 6.07) is 12.5. The minimum Gasteiger partial charge on any atom is -0.504 e. The second-order valence-corrected chi connectivity index (χ2v) is 5.70. The van der Waals surface area contributed by atoms with Crippen LogP contribution in [0.4, 0.5) is 0 Å². The molecule has 0 unspecified atom stereocenters. The second kappa shape index (κ2) is 5.78. The molecule has 1 aliphatic rings. The predicted octanol–water partition coefficient (Wildman–Crippen LogP) is 3.27. The highest BCUT2D eigenvalue weighted by molar-refractivity contribution is 5.48. The van der Waals surface area contributed by atoms with Gasteiger partial charge in [0.2, 0.25) is 0 Å². The van der Waals surface area contributed by atoms with Gasteiger partial charge in [-0.3, -0.25) is 4.90 Å². The lowest BCUT2D eigenvalue weighted by Gasteiger charge is -2.29. The molecule has 3 nitrogen and oxygen atoms in total. The average Bonchev–Trinajstić information content (AvgIpc) is 2.50. The molecule has 0 fully saturated rings. The van der Waals surface area contributed by atoms with Gasteiger partial charge in [0.15, 0.2) is 11.5 Å². The zero-order valence-electron chi connectivity index (χ0n) is 12.6. The molecule has 0 saturated carbocycles. The largest absolute Gasteiger partial charge is 0.504 e. The minimum atomic E-state index is 0.266. The Morgan fingerprint density at radius 3 is 2.71 bits per heavy atom. The molecule has 0 saturated heterocycles. The summed E-state index contributed by atoms with van der Waals surface area (Å²) in [4.78, 5) is 2.37. The number of nitrogens with zero attached hydrogens (tertiary/aromatic N) is 1. The number of phenolic OH excluding ortho intramolecular Hbond substituents is 1. The van der Waals surface area contributed by atoms with E-state index in [0.717, 1.165) is 37.2 Å². The molecule has 2 aromatic carbocycles. The van der Waals surface area contributed by atoms with Crippen LogP contribution < -0.4 is 4.74 Å². The van der Waals surface area contributed by atoms with Crippen LogP contribution in [-0.4, -0.2) is 23.7 Å². The number of rotatable bonds is 3. The summed E-state index contributed by atoms with van der Waals surface area (Å²) in [6.45, 7) is 4.73. The number of methoxy groups -OCH3 is 1. The topological polar surface area (TPSA) is 32.7 Å². The van der Waals surface area contributed by atoms with Crippen LogP contribution in [0.1, 0.15) is 22.3 Å². The van der Waals surface area contributed by atoms with E-state index in [1.54, 1.807) is 7.11 Å². The first kappa shape index (κ1) is 14.0. The van der Waals surface area contributed by atoms with E-state index in [1.165, 1.54) is 11.1 Å². The summed E-state index contributed by atoms with van der Waals surface area (Å²) in [5.41, 5.74) is 4.88. The highest BCUT2D eigenvalue weighted by Crippen LogP contribution is 2.33. The minimum absolute atomic E-state index is 0.266. The molecule has 1 aliphatic heterocycles. The van der Waals surface area contributed by atoms with Crippen molar-refractivity contribution in [1.29, 1.82) is 0 Å². The number of ether oxygens (including phenoxy) is 1. The average molecular weight is 283 g/mol. The summed E-state index contributed by atoms with van der Waals surface area (Å²) in [5, 5.41) is 10.3. The van der Waals surface area contributed by atoms with Crippen molar-refractivity contribution < 1.29 is 9.84 Å². The van der Waals surface area contributed by atoms with Crippen LogP contribution in [0, 0.1) is 6.92 Å². The van der Waals surface area contributed by atoms with E-state index in [1.807, 2.05) is 19.1 Å². The molecule has 110 valence electrons. The van der Waals surface area contributed by atoms with Crippen LogP contribution in [-0.2, 0) is 19.5 Å². The second-order valence-electron chi connectivity index (χ2n) is 5.70. The lowest BCUT2D eigenvalue weighted by atomic mass is 9.99. The Kier molecular flexibility index (Phi) is 3.84. The van der Waals surface area contributed by atoms with E-state index in [9.17, 15) is 5.11 Å². The van der Waals surface area contributed by atoms with Crippen LogP contribution >= 0.6 is 0 Å². The van der Waals surface area contributed by atoms with Gasteiger partial charge >= 0.3 is 0 Å². The molecular formula is C18H21NO2. The molecule has 0 atom stereocenters. The fourth-order valence-corrected chi connectivity index (χ4v) is 3.02. The van der Waals surface area contributed by atoms with Crippen molar-refractivity contribution >= 4 is 0 Å². The van der Waals surface area contributed by atoms with Crippen molar-refractivity contribution in [3.63, 3.8) is 0 Å². The highest BCUT2D eigenvalue weighted by Gasteiger charge is 2.18. The SMILES string of the molecule is COc1cc(C)cc(CN2CCc3ccccc3C2)c1O. The van der Waals surface area contributed by atoms with Crippen LogP contribution in [0.25, 0.3) is 0 Å². The van der Waals surface area contributed by atoms with Gasteiger partial charge in [-0.2, -0.15) is 0 Å². The normalized spacial score (nSPS) is 14.8. The fraction of sp³-hybridized carbons (Fsp3) is 0.333. The molecule has 0 radical (unpaired) electrons. The Morgan fingerprint density at radius 1 is 1.19 bits per heavy atom. The number of aryl methyl sites for hydroxylation is 1. The Hall–Kier alpha value is -2.00. The van der Waals surface area contributed by atoms with Crippen molar-refractivity contribution in [1.82, 2.24) is 4.90 Å². The number of benzene rings is 2. The molecule has 0 amide bonds. The lowest BCUT2D eigenvalue weighted by molar-refractivity contribution is 0.241. The molecule has 1 heterocycles. The standard InChI is InChI=1S/C18H21NO2/c1-13-9-16(18(20)17(10-13)21-2)12-19-8-7-14-5-3-4-6-15(14)11-19/h3-6,9-10,20H,7-8,11-12H2,1-2H3. The number of hydrogen-bond donors (Lipinski definition) is 1. The smallest absolute Gasteiger partial charge is 0.162 e. The maximum atomic E-state index is 10.3. The van der Waals surface area contributed by atoms with E-state index in [2.05, 4.69) is 29.2 Å². The number of hydrogen-bond acceptors (Lipinski definition) is 3. The number of fused-ring (bicyclic) bond motifs is 1. The van der Waals surface area contributed by atoms with Crippen molar-refractivity contribution in [2.24, 2.45) is 0 Å². The molecule has 2 aromatic rings. The van der Waals surface area contributed by atoms with E-state index in [-0.39, 0.29) is 5.75 Å². The molecular weight excluding hydrogens is 262 g/mol. The third-order valence-electron chi connectivity index (χ3n) is 4.12. The van der Waals surface area contributed by atoms with Crippen LogP contribution in [0.15, 0.2) is 36.4 Å². The predicted molar refractivity (Wildman–Crippen MR) is 83.7 cm³/mol. The summed E-state index contributed by atoms with van der Waals surface area (Å²) in [7, 11) is 1.59. The van der Waals surface area contributed by atoms with Gasteiger partial charge in [-0.25, -0.2) is 0 Å². The van der Waals surface area contributed by atoms with Crippen molar-refractivity contribution in [3.05, 3.63) is 58.7 Å². The molecule has 0 bridgehead atoms. The quantitative estimate of drug-likeness (QED) is 0.938. The molecule has 0 aliphatic carbocycles. The van der Waals surface area contributed by atoms with Crippen molar-refractivity contribution in [2.45, 2.75) is 26.4 Å². The van der Waals surface area contributed by atoms with E-state index in [4.69, 9.17) is 4.74 Å². The molecule has 3 heteroatoms. The van der Waals surface area contributed by atoms with Gasteiger partial charge in [0.1, 0.15) is 0 Å². The maximum Gasteiger partial charge on any atom is 0.162 e. The maximum absolute atomic E-state index is 10.3. The Morgan fingerprint density at radius 2 is 1.95 bits per heavy atom. The number of aromatic hydroxyl groups is 1. The fourth-order valence-electron chi connectivity index (χ4n) is 3.02. The molecule has 21 heavy (non-hydrogen) atoms. The van der Waals surface area contributed by atoms with Crippen LogP contribution in [0.5, 0.6) is 11.5 Å². The lowest BCUT2D eigenvalue weighted by Crippen LogP contribution is -2.30. The van der Waals surface area contributed by atoms with Crippen molar-refractivity contribution in [3.8, 4) is 11.5 Å². The van der Waals surface area contributed by atoms with Crippen LogP contribution in [0.2, 0.25) is 0 Å². The molecule has 0 spiro atoms. The van der Waals surface area contributed by atoms with Crippen LogP contribution in [0.3, 0.4) is 0 Å². The highest BCUT2D eigenvalue weighted by atomic mass is 16.5. The zero-order chi connectivity index (χ0) is 14.8. The van der Waals surface area contributed by atoms with Gasteiger partial charge in [-0.1, -0.05) is 30.3 Å². The first-order valence-electron chi connectivity index (χ1n) is 7.33. The molecule has 3 rings (SSSR count). The summed E-state index contributed by atoms with van der Waals surface area (Å²) >= 11 is 0.